The maximum Gasteiger partial charge on any atom is 0.261 e. The van der Waals surface area contributed by atoms with Crippen LogP contribution in [0.3, 0.4) is 0 Å². The fraction of sp³-hybridized carbons (Fsp3) is 0.667. The number of nitrogens with one attached hydrogen (secondary N) is 1. The Balaban J connectivity index is 1.95. The van der Waals surface area contributed by atoms with Crippen molar-refractivity contribution < 1.29 is 9.90 Å². The average Bonchev–Trinajstić information content (AvgIpc) is 2.79. The SMILES string of the molecule is CCCC(C)(O)CNC(=O)c1cc2c(s1)CCCC2. The molecule has 0 spiro atoms. The van der Waals surface area contributed by atoms with Gasteiger partial charge in [-0.3, -0.25) is 4.79 Å². The van der Waals surface area contributed by atoms with E-state index in [2.05, 4.69) is 5.32 Å². The van der Waals surface area contributed by atoms with E-state index in [4.69, 9.17) is 0 Å². The molecule has 1 heterocycles. The van der Waals surface area contributed by atoms with Crippen LogP contribution in [0.25, 0.3) is 0 Å². The summed E-state index contributed by atoms with van der Waals surface area (Å²) in [4.78, 5) is 14.3. The zero-order chi connectivity index (χ0) is 13.9. The van der Waals surface area contributed by atoms with Gasteiger partial charge in [-0.1, -0.05) is 13.3 Å². The van der Waals surface area contributed by atoms with Gasteiger partial charge in [0.05, 0.1) is 10.5 Å². The number of fused-ring (bicyclic) bond motifs is 1. The number of carbonyl (C=O) groups excluding carboxylic acids is 1. The standard InChI is InChI=1S/C15H23NO2S/c1-3-8-15(2,18)10-16-14(17)13-9-11-6-4-5-7-12(11)19-13/h9,18H,3-8,10H2,1-2H3,(H,16,17). The van der Waals surface area contributed by atoms with Gasteiger partial charge in [0.25, 0.3) is 5.91 Å². The molecular formula is C15H23NO2S. The van der Waals surface area contributed by atoms with Gasteiger partial charge >= 0.3 is 0 Å². The van der Waals surface area contributed by atoms with Crippen LogP contribution in [-0.4, -0.2) is 23.2 Å². The van der Waals surface area contributed by atoms with E-state index in [1.165, 1.54) is 23.3 Å². The predicted octanol–water partition coefficient (Wildman–Crippen LogP) is 2.91. The molecule has 4 heteroatoms. The largest absolute Gasteiger partial charge is 0.388 e. The maximum absolute atomic E-state index is 12.1. The number of rotatable bonds is 5. The van der Waals surface area contributed by atoms with Crippen LogP contribution in [0.2, 0.25) is 0 Å². The number of carbonyl (C=O) groups is 1. The molecule has 0 saturated heterocycles. The second-order valence-electron chi connectivity index (χ2n) is 5.70. The minimum absolute atomic E-state index is 0.0456. The van der Waals surface area contributed by atoms with Gasteiger partial charge in [-0.25, -0.2) is 0 Å². The highest BCUT2D eigenvalue weighted by Crippen LogP contribution is 2.29. The van der Waals surface area contributed by atoms with Gasteiger partial charge < -0.3 is 10.4 Å². The molecule has 1 amide bonds. The van der Waals surface area contributed by atoms with Gasteiger partial charge in [-0.2, -0.15) is 0 Å². The van der Waals surface area contributed by atoms with Crippen LogP contribution in [-0.2, 0) is 12.8 Å². The molecule has 3 nitrogen and oxygen atoms in total. The van der Waals surface area contributed by atoms with Gasteiger partial charge in [0.1, 0.15) is 0 Å². The Labute approximate surface area is 119 Å². The molecule has 106 valence electrons. The minimum atomic E-state index is -0.804. The van der Waals surface area contributed by atoms with E-state index in [1.807, 2.05) is 13.0 Å². The van der Waals surface area contributed by atoms with Crippen LogP contribution in [0.4, 0.5) is 0 Å². The Morgan fingerprint density at radius 3 is 2.89 bits per heavy atom. The normalized spacial score (nSPS) is 17.6. The van der Waals surface area contributed by atoms with Gasteiger partial charge in [0.15, 0.2) is 0 Å². The molecule has 0 radical (unpaired) electrons. The van der Waals surface area contributed by atoms with Gasteiger partial charge in [0.2, 0.25) is 0 Å². The van der Waals surface area contributed by atoms with E-state index in [0.29, 0.717) is 13.0 Å². The van der Waals surface area contributed by atoms with E-state index in [0.717, 1.165) is 24.1 Å². The van der Waals surface area contributed by atoms with Crippen LogP contribution < -0.4 is 5.32 Å². The summed E-state index contributed by atoms with van der Waals surface area (Å²) in [6.45, 7) is 4.13. The Bertz CT molecular complexity index is 427. The maximum atomic E-state index is 12.1. The van der Waals surface area contributed by atoms with Crippen molar-refractivity contribution >= 4 is 17.2 Å². The second kappa shape index (κ2) is 6.06. The van der Waals surface area contributed by atoms with Crippen LogP contribution in [0.1, 0.15) is 59.6 Å². The van der Waals surface area contributed by atoms with Crippen LogP contribution in [0, 0.1) is 0 Å². The fourth-order valence-corrected chi connectivity index (χ4v) is 3.76. The third-order valence-corrected chi connectivity index (χ3v) is 4.87. The summed E-state index contributed by atoms with van der Waals surface area (Å²) in [7, 11) is 0. The fourth-order valence-electron chi connectivity index (χ4n) is 2.59. The molecule has 0 bridgehead atoms. The van der Waals surface area contributed by atoms with E-state index >= 15 is 0 Å². The summed E-state index contributed by atoms with van der Waals surface area (Å²) in [5.74, 6) is -0.0456. The summed E-state index contributed by atoms with van der Waals surface area (Å²) >= 11 is 1.61. The van der Waals surface area contributed by atoms with Crippen molar-refractivity contribution in [3.05, 3.63) is 21.4 Å². The molecule has 1 aromatic heterocycles. The lowest BCUT2D eigenvalue weighted by Crippen LogP contribution is -2.40. The van der Waals surface area contributed by atoms with E-state index in [1.54, 1.807) is 18.3 Å². The molecular weight excluding hydrogens is 258 g/mol. The lowest BCUT2D eigenvalue weighted by Gasteiger charge is -2.22. The average molecular weight is 281 g/mol. The first-order chi connectivity index (χ1) is 9.02. The highest BCUT2D eigenvalue weighted by molar-refractivity contribution is 7.14. The molecule has 2 N–H and O–H groups in total. The summed E-state index contributed by atoms with van der Waals surface area (Å²) in [5, 5.41) is 12.9. The third-order valence-electron chi connectivity index (χ3n) is 3.64. The molecule has 0 saturated carbocycles. The molecule has 0 aliphatic heterocycles. The smallest absolute Gasteiger partial charge is 0.261 e. The lowest BCUT2D eigenvalue weighted by molar-refractivity contribution is 0.0470. The molecule has 1 aliphatic carbocycles. The Kier molecular flexibility index (Phi) is 4.63. The zero-order valence-electron chi connectivity index (χ0n) is 11.8. The summed E-state index contributed by atoms with van der Waals surface area (Å²) in [5.41, 5.74) is 0.545. The first-order valence-corrected chi connectivity index (χ1v) is 7.95. The van der Waals surface area contributed by atoms with Gasteiger partial charge in [0, 0.05) is 11.4 Å². The van der Waals surface area contributed by atoms with Crippen molar-refractivity contribution in [2.45, 2.75) is 58.0 Å². The monoisotopic (exact) mass is 281 g/mol. The Hall–Kier alpha value is -0.870. The van der Waals surface area contributed by atoms with Crippen LogP contribution in [0.5, 0.6) is 0 Å². The molecule has 0 aromatic carbocycles. The Morgan fingerprint density at radius 1 is 1.47 bits per heavy atom. The minimum Gasteiger partial charge on any atom is -0.388 e. The van der Waals surface area contributed by atoms with Gasteiger partial charge in [-0.15, -0.1) is 11.3 Å². The van der Waals surface area contributed by atoms with Crippen molar-refractivity contribution in [2.75, 3.05) is 6.54 Å². The lowest BCUT2D eigenvalue weighted by atomic mass is 9.99. The summed E-state index contributed by atoms with van der Waals surface area (Å²) in [6.07, 6.45) is 6.30. The third kappa shape index (κ3) is 3.80. The van der Waals surface area contributed by atoms with E-state index < -0.39 is 5.60 Å². The molecule has 1 unspecified atom stereocenters. The zero-order valence-corrected chi connectivity index (χ0v) is 12.6. The molecule has 19 heavy (non-hydrogen) atoms. The molecule has 2 rings (SSSR count). The van der Waals surface area contributed by atoms with Crippen molar-refractivity contribution in [1.82, 2.24) is 5.32 Å². The number of aryl methyl sites for hydroxylation is 2. The highest BCUT2D eigenvalue weighted by Gasteiger charge is 2.22. The van der Waals surface area contributed by atoms with E-state index in [9.17, 15) is 9.90 Å². The number of thiophene rings is 1. The van der Waals surface area contributed by atoms with Crippen LogP contribution >= 0.6 is 11.3 Å². The second-order valence-corrected chi connectivity index (χ2v) is 6.83. The predicted molar refractivity (Wildman–Crippen MR) is 78.8 cm³/mol. The topological polar surface area (TPSA) is 49.3 Å². The molecule has 1 aromatic rings. The number of aliphatic hydroxyl groups is 1. The van der Waals surface area contributed by atoms with Gasteiger partial charge in [-0.05, 0) is 50.7 Å². The molecule has 1 aliphatic rings. The van der Waals surface area contributed by atoms with Crippen molar-refractivity contribution in [3.8, 4) is 0 Å². The van der Waals surface area contributed by atoms with Crippen LogP contribution in [0.15, 0.2) is 6.07 Å². The first kappa shape index (κ1) is 14.5. The van der Waals surface area contributed by atoms with E-state index in [-0.39, 0.29) is 5.91 Å². The molecule has 1 atom stereocenters. The first-order valence-electron chi connectivity index (χ1n) is 7.14. The summed E-state index contributed by atoms with van der Waals surface area (Å²) in [6, 6.07) is 2.03. The Morgan fingerprint density at radius 2 is 2.21 bits per heavy atom. The highest BCUT2D eigenvalue weighted by atomic mass is 32.1. The quantitative estimate of drug-likeness (QED) is 0.872. The summed E-state index contributed by atoms with van der Waals surface area (Å²) < 4.78 is 0. The molecule has 0 fully saturated rings. The number of hydrogen-bond donors (Lipinski definition) is 2. The van der Waals surface area contributed by atoms with Crippen molar-refractivity contribution in [3.63, 3.8) is 0 Å². The number of hydrogen-bond acceptors (Lipinski definition) is 3. The van der Waals surface area contributed by atoms with Crippen molar-refractivity contribution in [1.29, 1.82) is 0 Å². The number of amides is 1. The van der Waals surface area contributed by atoms with Crippen molar-refractivity contribution in [2.24, 2.45) is 0 Å².